The first-order valence-electron chi connectivity index (χ1n) is 9.79. The van der Waals surface area contributed by atoms with Crippen LogP contribution in [-0.2, 0) is 21.4 Å². The minimum absolute atomic E-state index is 0.0318. The molecule has 1 amide bonds. The van der Waals surface area contributed by atoms with Crippen LogP contribution in [0.3, 0.4) is 0 Å². The van der Waals surface area contributed by atoms with E-state index in [4.69, 9.17) is 0 Å². The van der Waals surface area contributed by atoms with Gasteiger partial charge in [-0.15, -0.1) is 11.3 Å². The molecule has 1 aliphatic rings. The van der Waals surface area contributed by atoms with Gasteiger partial charge in [0, 0.05) is 31.1 Å². The lowest BCUT2D eigenvalue weighted by molar-refractivity contribution is -0.122. The van der Waals surface area contributed by atoms with Gasteiger partial charge in [0.1, 0.15) is 0 Å². The molecule has 0 aliphatic carbocycles. The van der Waals surface area contributed by atoms with Crippen molar-refractivity contribution in [2.45, 2.75) is 39.1 Å². The molecule has 0 atom stereocenters. The normalized spacial score (nSPS) is 16.1. The Bertz CT molecular complexity index is 951. The molecule has 158 valence electrons. The maximum absolute atomic E-state index is 13.3. The van der Waals surface area contributed by atoms with Crippen molar-refractivity contribution >= 4 is 27.3 Å². The van der Waals surface area contributed by atoms with Gasteiger partial charge in [-0.3, -0.25) is 9.69 Å². The molecule has 1 aromatic heterocycles. The first kappa shape index (κ1) is 22.0. The second-order valence-corrected chi connectivity index (χ2v) is 10.5. The van der Waals surface area contributed by atoms with E-state index in [0.29, 0.717) is 44.2 Å². The molecule has 2 aromatic rings. The van der Waals surface area contributed by atoms with Crippen LogP contribution in [0, 0.1) is 27.7 Å². The van der Waals surface area contributed by atoms with E-state index in [2.05, 4.69) is 5.32 Å². The lowest BCUT2D eigenvalue weighted by atomic mass is 10.0. The Kier molecular flexibility index (Phi) is 6.78. The minimum Gasteiger partial charge on any atom is -0.350 e. The predicted octanol–water partition coefficient (Wildman–Crippen LogP) is 2.60. The SMILES string of the molecule is Cc1cc(C)c(C)c(S(=O)(=O)N2CCN(CC(=O)NCc3cccs3)CC2)c1C. The topological polar surface area (TPSA) is 69.7 Å². The minimum atomic E-state index is -3.55. The third-order valence-corrected chi connectivity index (χ3v) is 8.68. The van der Waals surface area contributed by atoms with Crippen LogP contribution >= 0.6 is 11.3 Å². The van der Waals surface area contributed by atoms with Crippen LogP contribution in [0.1, 0.15) is 27.1 Å². The van der Waals surface area contributed by atoms with E-state index in [-0.39, 0.29) is 5.91 Å². The number of rotatable bonds is 6. The number of hydrogen-bond acceptors (Lipinski definition) is 5. The number of nitrogens with zero attached hydrogens (tertiary/aromatic N) is 2. The Balaban J connectivity index is 1.61. The van der Waals surface area contributed by atoms with Gasteiger partial charge in [-0.05, 0) is 61.4 Å². The van der Waals surface area contributed by atoms with E-state index >= 15 is 0 Å². The summed E-state index contributed by atoms with van der Waals surface area (Å²) in [6.45, 7) is 10.4. The monoisotopic (exact) mass is 435 g/mol. The quantitative estimate of drug-likeness (QED) is 0.757. The van der Waals surface area contributed by atoms with Crippen LogP contribution in [0.2, 0.25) is 0 Å². The molecule has 0 spiro atoms. The number of benzene rings is 1. The van der Waals surface area contributed by atoms with Crippen molar-refractivity contribution in [1.29, 1.82) is 0 Å². The van der Waals surface area contributed by atoms with E-state index < -0.39 is 10.0 Å². The van der Waals surface area contributed by atoms with Gasteiger partial charge >= 0.3 is 0 Å². The molecule has 3 rings (SSSR count). The zero-order valence-corrected chi connectivity index (χ0v) is 19.1. The second kappa shape index (κ2) is 8.95. The fourth-order valence-corrected chi connectivity index (χ4v) is 6.33. The van der Waals surface area contributed by atoms with Crippen molar-refractivity contribution in [3.8, 4) is 0 Å². The van der Waals surface area contributed by atoms with E-state index in [0.717, 1.165) is 27.1 Å². The summed E-state index contributed by atoms with van der Waals surface area (Å²) in [6, 6.07) is 5.99. The number of piperazine rings is 1. The lowest BCUT2D eigenvalue weighted by Crippen LogP contribution is -2.51. The summed E-state index contributed by atoms with van der Waals surface area (Å²) in [5.41, 5.74) is 3.63. The zero-order chi connectivity index (χ0) is 21.2. The van der Waals surface area contributed by atoms with Crippen LogP contribution in [-0.4, -0.2) is 56.3 Å². The van der Waals surface area contributed by atoms with E-state index in [1.54, 1.807) is 15.6 Å². The highest BCUT2D eigenvalue weighted by Gasteiger charge is 2.32. The van der Waals surface area contributed by atoms with Gasteiger partial charge in [0.25, 0.3) is 0 Å². The molecule has 0 radical (unpaired) electrons. The number of carbonyl (C=O) groups excluding carboxylic acids is 1. The number of nitrogens with one attached hydrogen (secondary N) is 1. The third kappa shape index (κ3) is 4.88. The average Bonchev–Trinajstić information content (AvgIpc) is 3.19. The molecule has 1 aromatic carbocycles. The summed E-state index contributed by atoms with van der Waals surface area (Å²) in [5.74, 6) is -0.0318. The lowest BCUT2D eigenvalue weighted by Gasteiger charge is -2.34. The molecule has 0 saturated carbocycles. The summed E-state index contributed by atoms with van der Waals surface area (Å²) >= 11 is 1.61. The molecule has 6 nitrogen and oxygen atoms in total. The second-order valence-electron chi connectivity index (χ2n) is 7.63. The van der Waals surface area contributed by atoms with Gasteiger partial charge in [-0.2, -0.15) is 4.31 Å². The number of hydrogen-bond donors (Lipinski definition) is 1. The molecule has 1 aliphatic heterocycles. The highest BCUT2D eigenvalue weighted by molar-refractivity contribution is 7.89. The van der Waals surface area contributed by atoms with Gasteiger partial charge in [-0.1, -0.05) is 12.1 Å². The summed E-state index contributed by atoms with van der Waals surface area (Å²) < 4.78 is 28.2. The smallest absolute Gasteiger partial charge is 0.243 e. The first-order chi connectivity index (χ1) is 13.7. The number of aryl methyl sites for hydroxylation is 2. The van der Waals surface area contributed by atoms with Crippen LogP contribution < -0.4 is 5.32 Å². The Morgan fingerprint density at radius 3 is 2.24 bits per heavy atom. The van der Waals surface area contributed by atoms with Crippen LogP contribution in [0.5, 0.6) is 0 Å². The molecule has 1 saturated heterocycles. The molecule has 2 heterocycles. The Hall–Kier alpha value is -1.74. The van der Waals surface area contributed by atoms with Crippen molar-refractivity contribution < 1.29 is 13.2 Å². The van der Waals surface area contributed by atoms with Crippen molar-refractivity contribution in [1.82, 2.24) is 14.5 Å². The summed E-state index contributed by atoms with van der Waals surface area (Å²) in [4.78, 5) is 15.8. The Morgan fingerprint density at radius 2 is 1.69 bits per heavy atom. The number of sulfonamides is 1. The van der Waals surface area contributed by atoms with E-state index in [1.807, 2.05) is 56.2 Å². The van der Waals surface area contributed by atoms with Crippen LogP contribution in [0.15, 0.2) is 28.5 Å². The highest BCUT2D eigenvalue weighted by Crippen LogP contribution is 2.29. The van der Waals surface area contributed by atoms with E-state index in [1.165, 1.54) is 0 Å². The van der Waals surface area contributed by atoms with Crippen molar-refractivity contribution in [2.24, 2.45) is 0 Å². The van der Waals surface area contributed by atoms with Crippen LogP contribution in [0.25, 0.3) is 0 Å². The average molecular weight is 436 g/mol. The number of carbonyl (C=O) groups is 1. The standard InChI is InChI=1S/C21H29N3O3S2/c1-15-12-16(2)18(4)21(17(15)3)29(26,27)24-9-7-23(8-10-24)14-20(25)22-13-19-6-5-11-28-19/h5-6,11-12H,7-10,13-14H2,1-4H3,(H,22,25). The molecule has 29 heavy (non-hydrogen) atoms. The Labute approximate surface area is 177 Å². The fraction of sp³-hybridized carbons (Fsp3) is 0.476. The zero-order valence-electron chi connectivity index (χ0n) is 17.5. The largest absolute Gasteiger partial charge is 0.350 e. The summed E-state index contributed by atoms with van der Waals surface area (Å²) in [7, 11) is -3.55. The number of amides is 1. The van der Waals surface area contributed by atoms with Crippen molar-refractivity contribution in [3.63, 3.8) is 0 Å². The van der Waals surface area contributed by atoms with Gasteiger partial charge in [0.15, 0.2) is 0 Å². The third-order valence-electron chi connectivity index (χ3n) is 5.63. The van der Waals surface area contributed by atoms with Gasteiger partial charge in [0.2, 0.25) is 15.9 Å². The maximum atomic E-state index is 13.3. The first-order valence-corrected chi connectivity index (χ1v) is 12.1. The van der Waals surface area contributed by atoms with Gasteiger partial charge in [-0.25, -0.2) is 8.42 Å². The van der Waals surface area contributed by atoms with Crippen molar-refractivity contribution in [2.75, 3.05) is 32.7 Å². The molecule has 1 fully saturated rings. The number of thiophene rings is 1. The molecule has 8 heteroatoms. The molecule has 1 N–H and O–H groups in total. The molecule has 0 unspecified atom stereocenters. The van der Waals surface area contributed by atoms with Gasteiger partial charge < -0.3 is 5.32 Å². The summed E-state index contributed by atoms with van der Waals surface area (Å²) in [5, 5.41) is 4.91. The van der Waals surface area contributed by atoms with Gasteiger partial charge in [0.05, 0.1) is 18.0 Å². The van der Waals surface area contributed by atoms with Crippen molar-refractivity contribution in [3.05, 3.63) is 50.7 Å². The van der Waals surface area contributed by atoms with Crippen LogP contribution in [0.4, 0.5) is 0 Å². The Morgan fingerprint density at radius 1 is 1.07 bits per heavy atom. The fourth-order valence-electron chi connectivity index (χ4n) is 3.68. The molecular weight excluding hydrogens is 406 g/mol. The van der Waals surface area contributed by atoms with E-state index in [9.17, 15) is 13.2 Å². The predicted molar refractivity (Wildman–Crippen MR) is 117 cm³/mol. The summed E-state index contributed by atoms with van der Waals surface area (Å²) in [6.07, 6.45) is 0. The highest BCUT2D eigenvalue weighted by atomic mass is 32.2. The molecule has 0 bridgehead atoms. The molecular formula is C21H29N3O3S2. The maximum Gasteiger partial charge on any atom is 0.243 e.